The highest BCUT2D eigenvalue weighted by molar-refractivity contribution is 7.12. The molecule has 1 atom stereocenters. The summed E-state index contributed by atoms with van der Waals surface area (Å²) in [5, 5.41) is 6.22. The molecule has 1 amide bonds. The smallest absolute Gasteiger partial charge is 0.254 e. The number of anilines is 1. The largest absolute Gasteiger partial charge is 0.362 e. The number of carbonyl (C=O) groups is 2. The molecule has 1 aromatic carbocycles. The Morgan fingerprint density at radius 2 is 1.84 bits per heavy atom. The van der Waals surface area contributed by atoms with Gasteiger partial charge in [-0.25, -0.2) is 4.39 Å². The Labute approximate surface area is 186 Å². The van der Waals surface area contributed by atoms with Crippen LogP contribution in [0.5, 0.6) is 0 Å². The van der Waals surface area contributed by atoms with Crippen LogP contribution in [0.25, 0.3) is 0 Å². The first-order valence-corrected chi connectivity index (χ1v) is 11.4. The average molecular weight is 439 g/mol. The van der Waals surface area contributed by atoms with E-state index in [4.69, 9.17) is 0 Å². The zero-order chi connectivity index (χ0) is 22.3. The molecule has 0 bridgehead atoms. The maximum atomic E-state index is 13.4. The van der Waals surface area contributed by atoms with Crippen LogP contribution in [0.4, 0.5) is 10.1 Å². The lowest BCUT2D eigenvalue weighted by Gasteiger charge is -2.34. The summed E-state index contributed by atoms with van der Waals surface area (Å²) in [5.41, 5.74) is 3.44. The highest BCUT2D eigenvalue weighted by atomic mass is 32.1. The van der Waals surface area contributed by atoms with Crippen LogP contribution in [0.1, 0.15) is 62.6 Å². The zero-order valence-corrected chi connectivity index (χ0v) is 19.1. The molecule has 1 aliphatic heterocycles. The summed E-state index contributed by atoms with van der Waals surface area (Å²) >= 11 is 1.66. The molecule has 0 fully saturated rings. The van der Waals surface area contributed by atoms with Crippen molar-refractivity contribution in [1.82, 2.24) is 5.32 Å². The minimum absolute atomic E-state index is 0.0150. The number of carbonyl (C=O) groups excluding carboxylic acids is 2. The number of allylic oxidation sites excluding steroid dienone is 3. The molecular formula is C25H27FN2O2S. The van der Waals surface area contributed by atoms with Crippen LogP contribution in [0.3, 0.4) is 0 Å². The van der Waals surface area contributed by atoms with Gasteiger partial charge in [0.2, 0.25) is 0 Å². The van der Waals surface area contributed by atoms with Gasteiger partial charge >= 0.3 is 0 Å². The molecule has 2 aromatic rings. The van der Waals surface area contributed by atoms with Crippen molar-refractivity contribution in [3.63, 3.8) is 0 Å². The van der Waals surface area contributed by atoms with Gasteiger partial charge in [0, 0.05) is 44.4 Å². The fourth-order valence-electron chi connectivity index (χ4n) is 4.21. The third-order valence-electron chi connectivity index (χ3n) is 5.77. The fraction of sp³-hybridized carbons (Fsp3) is 0.360. The highest BCUT2D eigenvalue weighted by Gasteiger charge is 2.39. The molecule has 4 nitrogen and oxygen atoms in total. The normalized spacial score (nSPS) is 19.3. The lowest BCUT2D eigenvalue weighted by Crippen LogP contribution is -2.35. The molecule has 0 spiro atoms. The van der Waals surface area contributed by atoms with Crippen molar-refractivity contribution in [3.8, 4) is 0 Å². The predicted octanol–water partition coefficient (Wildman–Crippen LogP) is 5.79. The fourth-order valence-corrected chi connectivity index (χ4v) is 5.40. The number of amides is 1. The lowest BCUT2D eigenvalue weighted by molar-refractivity contribution is -0.116. The monoisotopic (exact) mass is 438 g/mol. The zero-order valence-electron chi connectivity index (χ0n) is 18.3. The summed E-state index contributed by atoms with van der Waals surface area (Å²) in [6, 6.07) is 9.84. The van der Waals surface area contributed by atoms with Crippen molar-refractivity contribution in [1.29, 1.82) is 0 Å². The van der Waals surface area contributed by atoms with E-state index in [1.54, 1.807) is 11.3 Å². The van der Waals surface area contributed by atoms with Gasteiger partial charge in [-0.15, -0.1) is 11.3 Å². The van der Waals surface area contributed by atoms with E-state index in [0.717, 1.165) is 29.1 Å². The lowest BCUT2D eigenvalue weighted by atomic mass is 9.77. The van der Waals surface area contributed by atoms with Crippen LogP contribution in [0.15, 0.2) is 58.9 Å². The summed E-state index contributed by atoms with van der Waals surface area (Å²) in [4.78, 5) is 28.6. The van der Waals surface area contributed by atoms with Crippen LogP contribution in [-0.2, 0) is 15.0 Å². The van der Waals surface area contributed by atoms with Gasteiger partial charge in [0.1, 0.15) is 5.82 Å². The number of halogens is 1. The van der Waals surface area contributed by atoms with Crippen LogP contribution in [0.2, 0.25) is 0 Å². The molecule has 1 aliphatic carbocycles. The molecule has 0 saturated heterocycles. The van der Waals surface area contributed by atoms with E-state index in [9.17, 15) is 14.0 Å². The van der Waals surface area contributed by atoms with E-state index < -0.39 is 5.92 Å². The number of ketones is 1. The second-order valence-corrected chi connectivity index (χ2v) is 10.3. The Balaban J connectivity index is 1.78. The number of dihydropyridines is 1. The van der Waals surface area contributed by atoms with E-state index in [-0.39, 0.29) is 22.9 Å². The molecule has 2 aliphatic rings. The maximum Gasteiger partial charge on any atom is 0.254 e. The Bertz CT molecular complexity index is 1100. The van der Waals surface area contributed by atoms with Crippen molar-refractivity contribution in [2.75, 3.05) is 5.32 Å². The number of benzene rings is 1. The molecule has 2 heterocycles. The predicted molar refractivity (Wildman–Crippen MR) is 123 cm³/mol. The van der Waals surface area contributed by atoms with Crippen molar-refractivity contribution in [2.45, 2.75) is 58.3 Å². The third-order valence-corrected chi connectivity index (χ3v) is 7.35. The van der Waals surface area contributed by atoms with Crippen LogP contribution in [0, 0.1) is 5.82 Å². The molecule has 31 heavy (non-hydrogen) atoms. The van der Waals surface area contributed by atoms with E-state index in [2.05, 4.69) is 37.5 Å². The van der Waals surface area contributed by atoms with Crippen molar-refractivity contribution >= 4 is 28.7 Å². The number of hydrogen-bond acceptors (Lipinski definition) is 4. The number of thiophene rings is 1. The van der Waals surface area contributed by atoms with Gasteiger partial charge in [-0.1, -0.05) is 20.8 Å². The number of rotatable bonds is 3. The van der Waals surface area contributed by atoms with Crippen molar-refractivity contribution in [3.05, 3.63) is 74.5 Å². The summed E-state index contributed by atoms with van der Waals surface area (Å²) in [6.07, 6.45) is 2.12. The Hall–Kier alpha value is -2.73. The third kappa shape index (κ3) is 4.22. The minimum atomic E-state index is -0.398. The van der Waals surface area contributed by atoms with Crippen LogP contribution >= 0.6 is 11.3 Å². The molecule has 6 heteroatoms. The average Bonchev–Trinajstić information content (AvgIpc) is 3.19. The van der Waals surface area contributed by atoms with Gasteiger partial charge in [0.25, 0.3) is 5.91 Å². The van der Waals surface area contributed by atoms with E-state index in [1.807, 2.05) is 13.0 Å². The van der Waals surface area contributed by atoms with Crippen molar-refractivity contribution in [2.24, 2.45) is 0 Å². The van der Waals surface area contributed by atoms with Gasteiger partial charge in [-0.3, -0.25) is 9.59 Å². The van der Waals surface area contributed by atoms with Gasteiger partial charge in [-0.2, -0.15) is 0 Å². The molecule has 0 saturated carbocycles. The number of Topliss-reactive ketones (excluding diaryl/α,β-unsaturated/α-hetero) is 1. The van der Waals surface area contributed by atoms with E-state index in [0.29, 0.717) is 23.3 Å². The summed E-state index contributed by atoms with van der Waals surface area (Å²) in [5.74, 6) is -0.937. The van der Waals surface area contributed by atoms with Crippen molar-refractivity contribution < 1.29 is 14.0 Å². The Morgan fingerprint density at radius 1 is 1.13 bits per heavy atom. The molecule has 1 unspecified atom stereocenters. The standard InChI is InChI=1S/C25H27FN2O2S/c1-14-21(24(30)28-16-10-8-15(26)9-11-16)23(19-12-13-20(31-19)25(2,3)4)22-17(27-14)6-5-7-18(22)29/h8-13,23,27H,5-7H2,1-4H3,(H,28,30). The summed E-state index contributed by atoms with van der Waals surface area (Å²) in [6.45, 7) is 8.36. The molecule has 2 N–H and O–H groups in total. The molecular weight excluding hydrogens is 411 g/mol. The molecule has 4 rings (SSSR count). The van der Waals surface area contributed by atoms with Gasteiger partial charge in [0.15, 0.2) is 5.78 Å². The molecule has 0 radical (unpaired) electrons. The van der Waals surface area contributed by atoms with E-state index in [1.165, 1.54) is 29.1 Å². The van der Waals surface area contributed by atoms with Crippen LogP contribution < -0.4 is 10.6 Å². The SMILES string of the molecule is CC1=C(C(=O)Nc2ccc(F)cc2)C(c2ccc(C(C)(C)C)s2)C2=C(CCCC2=O)N1. The first-order valence-electron chi connectivity index (χ1n) is 10.6. The topological polar surface area (TPSA) is 58.2 Å². The first-order chi connectivity index (χ1) is 14.6. The number of nitrogens with one attached hydrogen (secondary N) is 2. The summed E-state index contributed by atoms with van der Waals surface area (Å²) < 4.78 is 13.3. The first kappa shape index (κ1) is 21.5. The maximum absolute atomic E-state index is 13.4. The van der Waals surface area contributed by atoms with Gasteiger partial charge < -0.3 is 10.6 Å². The molecule has 1 aromatic heterocycles. The van der Waals surface area contributed by atoms with Gasteiger partial charge in [0.05, 0.1) is 5.92 Å². The number of hydrogen-bond donors (Lipinski definition) is 2. The highest BCUT2D eigenvalue weighted by Crippen LogP contribution is 2.45. The Morgan fingerprint density at radius 3 is 2.48 bits per heavy atom. The second-order valence-electron chi connectivity index (χ2n) is 9.18. The summed E-state index contributed by atoms with van der Waals surface area (Å²) in [7, 11) is 0. The Kier molecular flexibility index (Phi) is 5.60. The quantitative estimate of drug-likeness (QED) is 0.638. The van der Waals surface area contributed by atoms with Gasteiger partial charge in [-0.05, 0) is 61.6 Å². The second kappa shape index (κ2) is 8.08. The van der Waals surface area contributed by atoms with Crippen LogP contribution in [-0.4, -0.2) is 11.7 Å². The van der Waals surface area contributed by atoms with E-state index >= 15 is 0 Å². The molecule has 162 valence electrons. The minimum Gasteiger partial charge on any atom is -0.362 e.